The first-order chi connectivity index (χ1) is 7.83. The van der Waals surface area contributed by atoms with E-state index in [4.69, 9.17) is 0 Å². The molecule has 0 aliphatic carbocycles. The Morgan fingerprint density at radius 2 is 2.06 bits per heavy atom. The predicted octanol–water partition coefficient (Wildman–Crippen LogP) is 1.17. The van der Waals surface area contributed by atoms with Crippen molar-refractivity contribution in [1.29, 1.82) is 0 Å². The van der Waals surface area contributed by atoms with Crippen LogP contribution >= 0.6 is 0 Å². The maximum Gasteiger partial charge on any atom is 0.244 e. The molecule has 0 unspecified atom stereocenters. The molecule has 0 atom stereocenters. The Bertz CT molecular complexity index is 293. The summed E-state index contributed by atoms with van der Waals surface area (Å²) >= 11 is 0. The molecule has 16 heavy (non-hydrogen) atoms. The third-order valence-electron chi connectivity index (χ3n) is 2.55. The van der Waals surface area contributed by atoms with Gasteiger partial charge in [-0.1, -0.05) is 24.3 Å². The largest absolute Gasteiger partial charge is 0.342 e. The third-order valence-corrected chi connectivity index (χ3v) is 2.55. The van der Waals surface area contributed by atoms with E-state index in [1.807, 2.05) is 6.92 Å². The molecule has 1 fully saturated rings. The number of amides is 1. The van der Waals surface area contributed by atoms with Crippen LogP contribution in [-0.2, 0) is 4.79 Å². The summed E-state index contributed by atoms with van der Waals surface area (Å²) in [6.07, 6.45) is 7.16. The smallest absolute Gasteiger partial charge is 0.244 e. The molecule has 3 nitrogen and oxygen atoms in total. The Kier molecular flexibility index (Phi) is 6.36. The van der Waals surface area contributed by atoms with Crippen molar-refractivity contribution in [3.05, 3.63) is 12.2 Å². The van der Waals surface area contributed by atoms with E-state index in [0.29, 0.717) is 6.54 Å². The van der Waals surface area contributed by atoms with Crippen LogP contribution in [0, 0.1) is 11.8 Å². The van der Waals surface area contributed by atoms with Gasteiger partial charge < -0.3 is 5.32 Å². The van der Waals surface area contributed by atoms with Crippen molar-refractivity contribution < 1.29 is 4.79 Å². The van der Waals surface area contributed by atoms with Crippen molar-refractivity contribution in [2.45, 2.75) is 26.2 Å². The molecule has 0 aromatic carbocycles. The number of hydrogen-bond acceptors (Lipinski definition) is 2. The molecule has 1 amide bonds. The van der Waals surface area contributed by atoms with Crippen LogP contribution in [0.5, 0.6) is 0 Å². The van der Waals surface area contributed by atoms with Crippen molar-refractivity contribution >= 4 is 5.91 Å². The van der Waals surface area contributed by atoms with Gasteiger partial charge in [-0.05, 0) is 38.9 Å². The molecule has 88 valence electrons. The molecule has 0 aromatic rings. The Labute approximate surface area is 97.9 Å². The lowest BCUT2D eigenvalue weighted by Gasteiger charge is -2.23. The lowest BCUT2D eigenvalue weighted by molar-refractivity contribution is -0.116. The van der Waals surface area contributed by atoms with Crippen LogP contribution < -0.4 is 5.32 Å². The quantitative estimate of drug-likeness (QED) is 0.572. The standard InChI is InChI=1S/C13H20N2O/c1-2-8-13(16)14-9-4-7-12-15-10-5-3-6-11-15/h2,8H,3,5-6,9-12H2,1H3,(H,14,16). The molecule has 1 aliphatic heterocycles. The first-order valence-corrected chi connectivity index (χ1v) is 5.91. The van der Waals surface area contributed by atoms with Gasteiger partial charge in [-0.15, -0.1) is 0 Å². The van der Waals surface area contributed by atoms with Crippen molar-refractivity contribution in [1.82, 2.24) is 10.2 Å². The number of carbonyl (C=O) groups excluding carboxylic acids is 1. The second-order valence-electron chi connectivity index (χ2n) is 3.91. The number of nitrogens with zero attached hydrogens (tertiary/aromatic N) is 1. The van der Waals surface area contributed by atoms with Crippen LogP contribution in [0.15, 0.2) is 12.2 Å². The van der Waals surface area contributed by atoms with Crippen molar-refractivity contribution in [2.75, 3.05) is 26.2 Å². The molecule has 1 rings (SSSR count). The molecule has 0 aromatic heterocycles. The number of piperidine rings is 1. The number of rotatable bonds is 3. The molecular formula is C13H20N2O. The summed E-state index contributed by atoms with van der Waals surface area (Å²) in [5.41, 5.74) is 0. The fourth-order valence-electron chi connectivity index (χ4n) is 1.69. The minimum atomic E-state index is -0.0743. The monoisotopic (exact) mass is 220 g/mol. The highest BCUT2D eigenvalue weighted by atomic mass is 16.1. The average Bonchev–Trinajstić information content (AvgIpc) is 2.30. The zero-order valence-corrected chi connectivity index (χ0v) is 9.96. The van der Waals surface area contributed by atoms with Gasteiger partial charge in [0.15, 0.2) is 0 Å². The van der Waals surface area contributed by atoms with E-state index in [1.54, 1.807) is 6.08 Å². The lowest BCUT2D eigenvalue weighted by Crippen LogP contribution is -2.30. The fourth-order valence-corrected chi connectivity index (χ4v) is 1.69. The van der Waals surface area contributed by atoms with E-state index in [-0.39, 0.29) is 5.91 Å². The van der Waals surface area contributed by atoms with Gasteiger partial charge in [-0.3, -0.25) is 9.69 Å². The second-order valence-corrected chi connectivity index (χ2v) is 3.91. The maximum atomic E-state index is 11.0. The van der Waals surface area contributed by atoms with E-state index >= 15 is 0 Å². The number of likely N-dealkylation sites (tertiary alicyclic amines) is 1. The first-order valence-electron chi connectivity index (χ1n) is 5.91. The molecule has 1 heterocycles. The van der Waals surface area contributed by atoms with E-state index in [9.17, 15) is 4.79 Å². The summed E-state index contributed by atoms with van der Waals surface area (Å²) in [4.78, 5) is 13.4. The van der Waals surface area contributed by atoms with Crippen LogP contribution in [0.2, 0.25) is 0 Å². The number of hydrogen-bond donors (Lipinski definition) is 1. The SMILES string of the molecule is CC=CC(=O)NCC#CCN1CCCCC1. The van der Waals surface area contributed by atoms with Gasteiger partial charge in [0.25, 0.3) is 0 Å². The Morgan fingerprint density at radius 1 is 1.31 bits per heavy atom. The molecule has 1 saturated heterocycles. The lowest BCUT2D eigenvalue weighted by atomic mass is 10.1. The van der Waals surface area contributed by atoms with Crippen molar-refractivity contribution in [3.63, 3.8) is 0 Å². The molecule has 0 radical (unpaired) electrons. The van der Waals surface area contributed by atoms with Gasteiger partial charge in [0.1, 0.15) is 0 Å². The van der Waals surface area contributed by atoms with Gasteiger partial charge in [0, 0.05) is 0 Å². The zero-order chi connectivity index (χ0) is 11.6. The predicted molar refractivity (Wildman–Crippen MR) is 65.9 cm³/mol. The molecular weight excluding hydrogens is 200 g/mol. The van der Waals surface area contributed by atoms with Crippen LogP contribution in [0.4, 0.5) is 0 Å². The van der Waals surface area contributed by atoms with Crippen LogP contribution in [0.25, 0.3) is 0 Å². The minimum absolute atomic E-state index is 0.0743. The molecule has 0 bridgehead atoms. The van der Waals surface area contributed by atoms with E-state index in [2.05, 4.69) is 22.1 Å². The molecule has 3 heteroatoms. The van der Waals surface area contributed by atoms with Gasteiger partial charge in [0.2, 0.25) is 5.91 Å². The van der Waals surface area contributed by atoms with Gasteiger partial charge in [-0.25, -0.2) is 0 Å². The second kappa shape index (κ2) is 7.95. The highest BCUT2D eigenvalue weighted by molar-refractivity contribution is 5.87. The molecule has 0 saturated carbocycles. The molecule has 1 aliphatic rings. The molecule has 0 spiro atoms. The number of allylic oxidation sites excluding steroid dienone is 1. The highest BCUT2D eigenvalue weighted by Gasteiger charge is 2.07. The van der Waals surface area contributed by atoms with Crippen molar-refractivity contribution in [3.8, 4) is 11.8 Å². The van der Waals surface area contributed by atoms with Gasteiger partial charge in [-0.2, -0.15) is 0 Å². The Balaban J connectivity index is 2.10. The Morgan fingerprint density at radius 3 is 2.75 bits per heavy atom. The zero-order valence-electron chi connectivity index (χ0n) is 9.96. The van der Waals surface area contributed by atoms with Gasteiger partial charge >= 0.3 is 0 Å². The van der Waals surface area contributed by atoms with E-state index in [1.165, 1.54) is 38.4 Å². The summed E-state index contributed by atoms with van der Waals surface area (Å²) in [7, 11) is 0. The molecule has 1 N–H and O–H groups in total. The van der Waals surface area contributed by atoms with Crippen LogP contribution in [0.1, 0.15) is 26.2 Å². The summed E-state index contributed by atoms with van der Waals surface area (Å²) in [6, 6.07) is 0. The van der Waals surface area contributed by atoms with Crippen LogP contribution in [-0.4, -0.2) is 37.0 Å². The average molecular weight is 220 g/mol. The van der Waals surface area contributed by atoms with E-state index < -0.39 is 0 Å². The Hall–Kier alpha value is -1.27. The number of nitrogens with one attached hydrogen (secondary N) is 1. The summed E-state index contributed by atoms with van der Waals surface area (Å²) in [6.45, 7) is 5.43. The summed E-state index contributed by atoms with van der Waals surface area (Å²) in [5.74, 6) is 5.98. The number of carbonyl (C=O) groups is 1. The third kappa shape index (κ3) is 5.57. The maximum absolute atomic E-state index is 11.0. The minimum Gasteiger partial charge on any atom is -0.342 e. The van der Waals surface area contributed by atoms with Gasteiger partial charge in [0.05, 0.1) is 13.1 Å². The topological polar surface area (TPSA) is 32.3 Å². The first kappa shape index (κ1) is 12.8. The van der Waals surface area contributed by atoms with E-state index in [0.717, 1.165) is 6.54 Å². The van der Waals surface area contributed by atoms with Crippen LogP contribution in [0.3, 0.4) is 0 Å². The summed E-state index contributed by atoms with van der Waals surface area (Å²) < 4.78 is 0. The normalized spacial score (nSPS) is 16.8. The van der Waals surface area contributed by atoms with Crippen molar-refractivity contribution in [2.24, 2.45) is 0 Å². The fraction of sp³-hybridized carbons (Fsp3) is 0.615. The highest BCUT2D eigenvalue weighted by Crippen LogP contribution is 2.06. The summed E-state index contributed by atoms with van der Waals surface area (Å²) in [5, 5.41) is 2.70.